The van der Waals surface area contributed by atoms with E-state index in [1.165, 1.54) is 11.8 Å². The maximum atomic E-state index is 12.4. The van der Waals surface area contributed by atoms with Crippen LogP contribution in [0.15, 0.2) is 53.7 Å². The second-order valence-corrected chi connectivity index (χ2v) is 7.75. The van der Waals surface area contributed by atoms with Gasteiger partial charge in [0.2, 0.25) is 5.91 Å². The fourth-order valence-corrected chi connectivity index (χ4v) is 3.44. The number of rotatable bonds is 5. The maximum Gasteiger partial charge on any atom is 0.237 e. The lowest BCUT2D eigenvalue weighted by Gasteiger charge is -2.12. The number of nitrogens with zero attached hydrogens (tertiary/aromatic N) is 3. The first-order chi connectivity index (χ1) is 12.5. The largest absolute Gasteiger partial charge is 0.325 e. The molecule has 0 radical (unpaired) electrons. The van der Waals surface area contributed by atoms with E-state index in [1.807, 2.05) is 36.7 Å². The number of amides is 1. The lowest BCUT2D eigenvalue weighted by atomic mass is 10.2. The molecule has 2 aromatic carbocycles. The van der Waals surface area contributed by atoms with Gasteiger partial charge in [-0.2, -0.15) is 0 Å². The summed E-state index contributed by atoms with van der Waals surface area (Å²) in [4.78, 5) is 12.4. The third-order valence-electron chi connectivity index (χ3n) is 3.71. The van der Waals surface area contributed by atoms with Gasteiger partial charge in [-0.05, 0) is 43.3 Å². The third-order valence-corrected chi connectivity index (χ3v) is 5.43. The Labute approximate surface area is 165 Å². The van der Waals surface area contributed by atoms with Crippen LogP contribution in [0.5, 0.6) is 0 Å². The highest BCUT2D eigenvalue weighted by atomic mass is 35.5. The molecule has 1 heterocycles. The van der Waals surface area contributed by atoms with Gasteiger partial charge in [-0.1, -0.05) is 47.1 Å². The smallest absolute Gasteiger partial charge is 0.237 e. The summed E-state index contributed by atoms with van der Waals surface area (Å²) in [6.45, 7) is 1.82. The lowest BCUT2D eigenvalue weighted by Crippen LogP contribution is -2.22. The molecule has 3 rings (SSSR count). The van der Waals surface area contributed by atoms with Crippen LogP contribution in [0.4, 0.5) is 5.69 Å². The van der Waals surface area contributed by atoms with E-state index in [4.69, 9.17) is 23.2 Å². The number of carbonyl (C=O) groups is 1. The first-order valence-corrected chi connectivity index (χ1v) is 9.46. The van der Waals surface area contributed by atoms with Crippen LogP contribution in [0.25, 0.3) is 11.4 Å². The number of hydrogen-bond donors (Lipinski definition) is 1. The molecule has 26 heavy (non-hydrogen) atoms. The normalized spacial score (nSPS) is 12.0. The minimum Gasteiger partial charge on any atom is -0.325 e. The van der Waals surface area contributed by atoms with Crippen LogP contribution >= 0.6 is 35.0 Å². The van der Waals surface area contributed by atoms with Crippen molar-refractivity contribution in [1.82, 2.24) is 14.8 Å². The van der Waals surface area contributed by atoms with Gasteiger partial charge in [-0.15, -0.1) is 10.2 Å². The van der Waals surface area contributed by atoms with Gasteiger partial charge >= 0.3 is 0 Å². The summed E-state index contributed by atoms with van der Waals surface area (Å²) in [5.41, 5.74) is 1.50. The lowest BCUT2D eigenvalue weighted by molar-refractivity contribution is -0.115. The molecule has 1 N–H and O–H groups in total. The Morgan fingerprint density at radius 3 is 2.50 bits per heavy atom. The van der Waals surface area contributed by atoms with Gasteiger partial charge in [-0.3, -0.25) is 4.79 Å². The highest BCUT2D eigenvalue weighted by Gasteiger charge is 2.20. The van der Waals surface area contributed by atoms with Crippen molar-refractivity contribution in [3.8, 4) is 11.4 Å². The topological polar surface area (TPSA) is 59.8 Å². The van der Waals surface area contributed by atoms with Crippen molar-refractivity contribution < 1.29 is 4.79 Å². The van der Waals surface area contributed by atoms with Crippen LogP contribution in [-0.2, 0) is 11.8 Å². The van der Waals surface area contributed by atoms with Crippen molar-refractivity contribution in [2.75, 3.05) is 5.32 Å². The Morgan fingerprint density at radius 1 is 1.12 bits per heavy atom. The van der Waals surface area contributed by atoms with Gasteiger partial charge in [0.1, 0.15) is 0 Å². The summed E-state index contributed by atoms with van der Waals surface area (Å²) < 4.78 is 1.83. The number of hydrogen-bond acceptors (Lipinski definition) is 4. The van der Waals surface area contributed by atoms with E-state index in [0.717, 1.165) is 5.56 Å². The van der Waals surface area contributed by atoms with Gasteiger partial charge in [-0.25, -0.2) is 0 Å². The summed E-state index contributed by atoms with van der Waals surface area (Å²) >= 11 is 13.4. The molecule has 0 fully saturated rings. The molecule has 3 aromatic rings. The predicted octanol–water partition coefficient (Wildman–Crippen LogP) is 4.91. The summed E-state index contributed by atoms with van der Waals surface area (Å²) in [5, 5.41) is 12.8. The van der Waals surface area contributed by atoms with Crippen molar-refractivity contribution in [2.45, 2.75) is 17.3 Å². The molecule has 0 unspecified atom stereocenters. The van der Waals surface area contributed by atoms with Gasteiger partial charge in [0.05, 0.1) is 10.3 Å². The number of thioether (sulfide) groups is 1. The summed E-state index contributed by atoms with van der Waals surface area (Å²) in [6, 6.07) is 14.4. The molecule has 8 heteroatoms. The first-order valence-electron chi connectivity index (χ1n) is 7.83. The number of nitrogens with one attached hydrogen (secondary N) is 1. The molecule has 0 saturated carbocycles. The molecule has 0 bridgehead atoms. The number of halogens is 2. The zero-order valence-electron chi connectivity index (χ0n) is 14.1. The standard InChI is InChI=1S/C18H16Cl2N4OS/c1-11(17(25)21-13-9-7-12(19)8-10-13)26-18-23-22-16(24(18)2)14-5-3-4-6-15(14)20/h3-11H,1-2H3,(H,21,25)/t11-/m0/s1. The Balaban J connectivity index is 1.71. The quantitative estimate of drug-likeness (QED) is 0.611. The Bertz CT molecular complexity index is 927. The van der Waals surface area contributed by atoms with E-state index in [0.29, 0.717) is 26.7 Å². The van der Waals surface area contributed by atoms with Gasteiger partial charge in [0, 0.05) is 23.3 Å². The second-order valence-electron chi connectivity index (χ2n) is 5.60. The molecule has 1 atom stereocenters. The molecule has 0 aliphatic carbocycles. The second kappa shape index (κ2) is 8.12. The van der Waals surface area contributed by atoms with Gasteiger partial charge < -0.3 is 9.88 Å². The molecule has 5 nitrogen and oxygen atoms in total. The van der Waals surface area contributed by atoms with Crippen molar-refractivity contribution in [3.63, 3.8) is 0 Å². The van der Waals surface area contributed by atoms with E-state index in [9.17, 15) is 4.79 Å². The minimum absolute atomic E-state index is 0.125. The summed E-state index contributed by atoms with van der Waals surface area (Å²) in [7, 11) is 1.85. The first kappa shape index (κ1) is 18.8. The van der Waals surface area contributed by atoms with Crippen LogP contribution in [0.3, 0.4) is 0 Å². The number of anilines is 1. The van der Waals surface area contributed by atoms with Crippen LogP contribution < -0.4 is 5.32 Å². The summed E-state index contributed by atoms with van der Waals surface area (Å²) in [5.74, 6) is 0.531. The molecule has 0 saturated heterocycles. The number of carbonyl (C=O) groups excluding carboxylic acids is 1. The molecule has 1 aromatic heterocycles. The monoisotopic (exact) mass is 406 g/mol. The van der Waals surface area contributed by atoms with E-state index in [-0.39, 0.29) is 11.2 Å². The van der Waals surface area contributed by atoms with Crippen LogP contribution in [-0.4, -0.2) is 25.9 Å². The van der Waals surface area contributed by atoms with Crippen molar-refractivity contribution >= 4 is 46.6 Å². The average Bonchev–Trinajstić information content (AvgIpc) is 2.98. The molecular weight excluding hydrogens is 391 g/mol. The zero-order valence-corrected chi connectivity index (χ0v) is 16.4. The van der Waals surface area contributed by atoms with Crippen molar-refractivity contribution in [2.24, 2.45) is 7.05 Å². The highest BCUT2D eigenvalue weighted by molar-refractivity contribution is 8.00. The Morgan fingerprint density at radius 2 is 1.81 bits per heavy atom. The van der Waals surface area contributed by atoms with E-state index in [2.05, 4.69) is 15.5 Å². The van der Waals surface area contributed by atoms with Crippen LogP contribution in [0.1, 0.15) is 6.92 Å². The van der Waals surface area contributed by atoms with Gasteiger partial charge in [0.15, 0.2) is 11.0 Å². The molecule has 0 aliphatic heterocycles. The SMILES string of the molecule is C[C@H](Sc1nnc(-c2ccccc2Cl)n1C)C(=O)Nc1ccc(Cl)cc1. The maximum absolute atomic E-state index is 12.4. The third kappa shape index (κ3) is 4.20. The van der Waals surface area contributed by atoms with E-state index < -0.39 is 0 Å². The van der Waals surface area contributed by atoms with Crippen LogP contribution in [0.2, 0.25) is 10.0 Å². The Hall–Kier alpha value is -2.02. The Kier molecular flexibility index (Phi) is 5.86. The highest BCUT2D eigenvalue weighted by Crippen LogP contribution is 2.30. The number of aromatic nitrogens is 3. The minimum atomic E-state index is -0.354. The molecular formula is C18H16Cl2N4OS. The van der Waals surface area contributed by atoms with Crippen LogP contribution in [0, 0.1) is 0 Å². The molecule has 134 valence electrons. The van der Waals surface area contributed by atoms with E-state index >= 15 is 0 Å². The molecule has 0 spiro atoms. The van der Waals surface area contributed by atoms with E-state index in [1.54, 1.807) is 30.3 Å². The van der Waals surface area contributed by atoms with Gasteiger partial charge in [0.25, 0.3) is 0 Å². The average molecular weight is 407 g/mol. The fourth-order valence-electron chi connectivity index (χ4n) is 2.28. The number of benzene rings is 2. The van der Waals surface area contributed by atoms with Crippen molar-refractivity contribution in [1.29, 1.82) is 0 Å². The predicted molar refractivity (Wildman–Crippen MR) is 107 cm³/mol. The molecule has 0 aliphatic rings. The van der Waals surface area contributed by atoms with Crippen molar-refractivity contribution in [3.05, 3.63) is 58.6 Å². The molecule has 1 amide bonds. The summed E-state index contributed by atoms with van der Waals surface area (Å²) in [6.07, 6.45) is 0. The fraction of sp³-hybridized carbons (Fsp3) is 0.167. The zero-order chi connectivity index (χ0) is 18.7.